The minimum atomic E-state index is -0.0218. The minimum Gasteiger partial charge on any atom is -0.465 e. The van der Waals surface area contributed by atoms with E-state index < -0.39 is 0 Å². The van der Waals surface area contributed by atoms with Gasteiger partial charge in [-0.1, -0.05) is 57.5 Å². The number of hydrogen-bond donors (Lipinski definition) is 0. The monoisotopic (exact) mass is 262 g/mol. The van der Waals surface area contributed by atoms with Crippen molar-refractivity contribution in [2.45, 2.75) is 46.5 Å². The van der Waals surface area contributed by atoms with Gasteiger partial charge >= 0.3 is 5.97 Å². The van der Waals surface area contributed by atoms with Gasteiger partial charge in [-0.25, -0.2) is 0 Å². The van der Waals surface area contributed by atoms with Gasteiger partial charge in [0.15, 0.2) is 0 Å². The lowest BCUT2D eigenvalue weighted by atomic mass is 9.93. The quantitative estimate of drug-likeness (QED) is 0.655. The molecule has 0 spiro atoms. The van der Waals surface area contributed by atoms with Gasteiger partial charge in [0.25, 0.3) is 0 Å². The first-order chi connectivity index (χ1) is 9.13. The molecule has 0 saturated heterocycles. The number of esters is 1. The van der Waals surface area contributed by atoms with Crippen LogP contribution in [0.4, 0.5) is 0 Å². The van der Waals surface area contributed by atoms with Crippen LogP contribution in [0.2, 0.25) is 0 Å². The predicted molar refractivity (Wildman–Crippen MR) is 79.0 cm³/mol. The van der Waals surface area contributed by atoms with Gasteiger partial charge in [-0.05, 0) is 24.3 Å². The van der Waals surface area contributed by atoms with Crippen LogP contribution >= 0.6 is 0 Å². The predicted octanol–water partition coefficient (Wildman–Crippen LogP) is 4.23. The Labute approximate surface area is 117 Å². The fraction of sp³-hybridized carbons (Fsp3) is 0.588. The van der Waals surface area contributed by atoms with Crippen molar-refractivity contribution < 1.29 is 9.53 Å². The molecule has 1 aromatic rings. The highest BCUT2D eigenvalue weighted by Crippen LogP contribution is 2.18. The van der Waals surface area contributed by atoms with Crippen molar-refractivity contribution in [3.05, 3.63) is 35.9 Å². The molecule has 0 aliphatic carbocycles. The third-order valence-electron chi connectivity index (χ3n) is 3.20. The maximum atomic E-state index is 12.0. The number of benzene rings is 1. The summed E-state index contributed by atoms with van der Waals surface area (Å²) in [6, 6.07) is 10.1. The summed E-state index contributed by atoms with van der Waals surface area (Å²) >= 11 is 0. The van der Waals surface area contributed by atoms with Gasteiger partial charge in [0.2, 0.25) is 0 Å². The topological polar surface area (TPSA) is 26.3 Å². The molecule has 0 aromatic heterocycles. The largest absolute Gasteiger partial charge is 0.465 e. The van der Waals surface area contributed by atoms with E-state index >= 15 is 0 Å². The molecule has 0 saturated carbocycles. The molecule has 2 nitrogen and oxygen atoms in total. The summed E-state index contributed by atoms with van der Waals surface area (Å²) in [6.07, 6.45) is 3.69. The van der Waals surface area contributed by atoms with E-state index in [-0.39, 0.29) is 11.9 Å². The summed E-state index contributed by atoms with van der Waals surface area (Å²) in [7, 11) is 0. The lowest BCUT2D eigenvalue weighted by molar-refractivity contribution is -0.149. The van der Waals surface area contributed by atoms with Crippen LogP contribution in [-0.4, -0.2) is 12.6 Å². The Hall–Kier alpha value is -1.31. The molecular formula is C17H26O2. The summed E-state index contributed by atoms with van der Waals surface area (Å²) in [6.45, 7) is 6.91. The Morgan fingerprint density at radius 2 is 1.89 bits per heavy atom. The molecule has 0 aliphatic heterocycles. The van der Waals surface area contributed by atoms with Crippen molar-refractivity contribution in [1.29, 1.82) is 0 Å². The van der Waals surface area contributed by atoms with E-state index in [9.17, 15) is 4.79 Å². The molecule has 0 radical (unpaired) electrons. The molecule has 0 bridgehead atoms. The zero-order valence-corrected chi connectivity index (χ0v) is 12.4. The van der Waals surface area contributed by atoms with Crippen LogP contribution in [0.5, 0.6) is 0 Å². The van der Waals surface area contributed by atoms with Gasteiger partial charge in [-0.15, -0.1) is 0 Å². The highest BCUT2D eigenvalue weighted by molar-refractivity contribution is 5.72. The van der Waals surface area contributed by atoms with E-state index in [0.29, 0.717) is 12.5 Å². The summed E-state index contributed by atoms with van der Waals surface area (Å²) in [5.74, 6) is 0.588. The first-order valence-corrected chi connectivity index (χ1v) is 7.34. The maximum absolute atomic E-state index is 12.0. The Balaban J connectivity index is 2.35. The highest BCUT2D eigenvalue weighted by atomic mass is 16.5. The number of carbonyl (C=O) groups is 1. The van der Waals surface area contributed by atoms with Crippen LogP contribution in [0.15, 0.2) is 30.3 Å². The fourth-order valence-electron chi connectivity index (χ4n) is 2.28. The Bertz CT molecular complexity index is 357. The zero-order valence-electron chi connectivity index (χ0n) is 12.4. The molecule has 19 heavy (non-hydrogen) atoms. The second kappa shape index (κ2) is 8.73. The lowest BCUT2D eigenvalue weighted by Crippen LogP contribution is -2.20. The van der Waals surface area contributed by atoms with Crippen LogP contribution in [0, 0.1) is 11.8 Å². The highest BCUT2D eigenvalue weighted by Gasteiger charge is 2.20. The lowest BCUT2D eigenvalue weighted by Gasteiger charge is -2.17. The first-order valence-electron chi connectivity index (χ1n) is 7.34. The maximum Gasteiger partial charge on any atom is 0.308 e. The van der Waals surface area contributed by atoms with Crippen LogP contribution in [0.1, 0.15) is 45.6 Å². The smallest absolute Gasteiger partial charge is 0.308 e. The summed E-state index contributed by atoms with van der Waals surface area (Å²) < 4.78 is 5.42. The molecule has 0 heterocycles. The van der Waals surface area contributed by atoms with Crippen LogP contribution in [0.25, 0.3) is 0 Å². The van der Waals surface area contributed by atoms with Crippen molar-refractivity contribution in [3.63, 3.8) is 0 Å². The molecule has 2 heteroatoms. The molecule has 1 atom stereocenters. The van der Waals surface area contributed by atoms with Gasteiger partial charge in [0.05, 0.1) is 12.5 Å². The van der Waals surface area contributed by atoms with E-state index in [2.05, 4.69) is 32.9 Å². The van der Waals surface area contributed by atoms with E-state index in [1.165, 1.54) is 5.56 Å². The number of hydrogen-bond acceptors (Lipinski definition) is 2. The molecule has 106 valence electrons. The third kappa shape index (κ3) is 6.42. The molecule has 0 N–H and O–H groups in total. The Kier molecular flexibility index (Phi) is 7.24. The fourth-order valence-corrected chi connectivity index (χ4v) is 2.28. The van der Waals surface area contributed by atoms with Gasteiger partial charge in [0, 0.05) is 6.42 Å². The van der Waals surface area contributed by atoms with Crippen LogP contribution in [-0.2, 0) is 16.0 Å². The number of ether oxygens (including phenoxy) is 1. The van der Waals surface area contributed by atoms with Crippen LogP contribution < -0.4 is 0 Å². The minimum absolute atomic E-state index is 0.0218. The standard InChI is InChI=1S/C17H26O2/c1-4-8-16(13-14(2)3)17(18)19-12-11-15-9-6-5-7-10-15/h5-7,9-10,14,16H,4,8,11-13H2,1-3H3. The van der Waals surface area contributed by atoms with Crippen molar-refractivity contribution in [1.82, 2.24) is 0 Å². The van der Waals surface area contributed by atoms with Crippen molar-refractivity contribution >= 4 is 5.97 Å². The average molecular weight is 262 g/mol. The summed E-state index contributed by atoms with van der Waals surface area (Å²) in [5.41, 5.74) is 1.21. The van der Waals surface area contributed by atoms with E-state index in [1.54, 1.807) is 0 Å². The normalized spacial score (nSPS) is 12.4. The summed E-state index contributed by atoms with van der Waals surface area (Å²) in [5, 5.41) is 0. The zero-order chi connectivity index (χ0) is 14.1. The van der Waals surface area contributed by atoms with E-state index in [0.717, 1.165) is 25.7 Å². The molecule has 1 unspecified atom stereocenters. The van der Waals surface area contributed by atoms with Crippen molar-refractivity contribution in [3.8, 4) is 0 Å². The molecule has 0 fully saturated rings. The van der Waals surface area contributed by atoms with Gasteiger partial charge < -0.3 is 4.74 Å². The third-order valence-corrected chi connectivity index (χ3v) is 3.20. The van der Waals surface area contributed by atoms with Crippen molar-refractivity contribution in [2.75, 3.05) is 6.61 Å². The second-order valence-electron chi connectivity index (χ2n) is 5.52. The molecule has 0 amide bonds. The van der Waals surface area contributed by atoms with E-state index in [4.69, 9.17) is 4.74 Å². The van der Waals surface area contributed by atoms with Crippen molar-refractivity contribution in [2.24, 2.45) is 11.8 Å². The van der Waals surface area contributed by atoms with Gasteiger partial charge in [-0.3, -0.25) is 4.79 Å². The molecule has 1 rings (SSSR count). The van der Waals surface area contributed by atoms with Gasteiger partial charge in [0.1, 0.15) is 0 Å². The average Bonchev–Trinajstić information content (AvgIpc) is 2.39. The Morgan fingerprint density at radius 1 is 1.21 bits per heavy atom. The number of carbonyl (C=O) groups excluding carboxylic acids is 1. The molecule has 1 aromatic carbocycles. The number of rotatable bonds is 8. The van der Waals surface area contributed by atoms with E-state index in [1.807, 2.05) is 18.2 Å². The van der Waals surface area contributed by atoms with Crippen LogP contribution in [0.3, 0.4) is 0 Å². The SMILES string of the molecule is CCCC(CC(C)C)C(=O)OCCc1ccccc1. The first kappa shape index (κ1) is 15.7. The molecular weight excluding hydrogens is 236 g/mol. The second-order valence-corrected chi connectivity index (χ2v) is 5.52. The Morgan fingerprint density at radius 3 is 2.47 bits per heavy atom. The molecule has 0 aliphatic rings. The summed E-state index contributed by atoms with van der Waals surface area (Å²) in [4.78, 5) is 12.0. The van der Waals surface area contributed by atoms with Gasteiger partial charge in [-0.2, -0.15) is 0 Å².